The minimum Gasteiger partial charge on any atom is -0.475 e. The Bertz CT molecular complexity index is 1520. The third-order valence-corrected chi connectivity index (χ3v) is 7.78. The summed E-state index contributed by atoms with van der Waals surface area (Å²) in [6, 6.07) is 9.50. The number of aromatic amines is 1. The lowest BCUT2D eigenvalue weighted by Crippen LogP contribution is -2.34. The van der Waals surface area contributed by atoms with Gasteiger partial charge in [0.25, 0.3) is 15.0 Å². The number of aryl methyl sites for hydroxylation is 1. The van der Waals surface area contributed by atoms with Crippen LogP contribution in [0.4, 0.5) is 11.6 Å². The van der Waals surface area contributed by atoms with Crippen molar-refractivity contribution in [1.29, 1.82) is 0 Å². The van der Waals surface area contributed by atoms with Gasteiger partial charge in [-0.25, -0.2) is 18.5 Å². The maximum absolute atomic E-state index is 13.2. The molecule has 0 fully saturated rings. The highest BCUT2D eigenvalue weighted by atomic mass is 32.2. The van der Waals surface area contributed by atoms with Crippen molar-refractivity contribution in [3.63, 3.8) is 0 Å². The maximum atomic E-state index is 13.2. The number of nitrogens with one attached hydrogen (secondary N) is 2. The van der Waals surface area contributed by atoms with Gasteiger partial charge in [-0.1, -0.05) is 12.1 Å². The van der Waals surface area contributed by atoms with Crippen LogP contribution >= 0.6 is 0 Å². The van der Waals surface area contributed by atoms with Crippen molar-refractivity contribution in [3.8, 4) is 17.0 Å². The molecule has 0 saturated heterocycles. The molecule has 0 amide bonds. The quantitative estimate of drug-likeness (QED) is 0.395. The largest absolute Gasteiger partial charge is 0.475 e. The smallest absolute Gasteiger partial charge is 0.260 e. The van der Waals surface area contributed by atoms with Crippen LogP contribution in [0.5, 0.6) is 5.88 Å². The molecule has 2 aliphatic rings. The van der Waals surface area contributed by atoms with E-state index in [1.54, 1.807) is 17.1 Å². The monoisotopic (exact) mass is 477 g/mol. The average Bonchev–Trinajstić information content (AvgIpc) is 3.58. The molecule has 0 radical (unpaired) electrons. The lowest BCUT2D eigenvalue weighted by molar-refractivity contribution is 0.164. The fourth-order valence-electron chi connectivity index (χ4n) is 4.44. The number of anilines is 2. The topological polar surface area (TPSA) is 128 Å². The average molecular weight is 478 g/mol. The van der Waals surface area contributed by atoms with E-state index in [4.69, 9.17) is 4.74 Å². The van der Waals surface area contributed by atoms with Crippen LogP contribution in [0.15, 0.2) is 52.9 Å². The normalized spacial score (nSPS) is 17.8. The van der Waals surface area contributed by atoms with Crippen LogP contribution < -0.4 is 10.1 Å². The van der Waals surface area contributed by atoms with Gasteiger partial charge in [0.15, 0.2) is 5.03 Å². The summed E-state index contributed by atoms with van der Waals surface area (Å²) < 4.78 is 34.0. The van der Waals surface area contributed by atoms with Gasteiger partial charge in [0.2, 0.25) is 11.8 Å². The Morgan fingerprint density at radius 2 is 2.03 bits per heavy atom. The van der Waals surface area contributed by atoms with Gasteiger partial charge in [0.05, 0.1) is 11.2 Å². The number of benzene rings is 1. The van der Waals surface area contributed by atoms with Gasteiger partial charge in [0.1, 0.15) is 6.61 Å². The number of rotatable bonds is 0. The molecule has 0 unspecified atom stereocenters. The van der Waals surface area contributed by atoms with E-state index in [0.717, 1.165) is 36.1 Å². The van der Waals surface area contributed by atoms with E-state index in [-0.39, 0.29) is 22.7 Å². The standard InChI is InChI=1S/C23H23N7O3S/c1-23(2)13-33-18-12-15(8-10-24-18)17-7-6-14-4-3-5-16(14)20(17)25-21-26-22(28-27-21)34(31,32)19-9-11-30(23)29-19/h6-12H,3-5,13H2,1-2H3,(H2,25,26,27,28). The Kier molecular flexibility index (Phi) is 4.53. The molecule has 1 aliphatic heterocycles. The number of nitrogens with zero attached hydrogens (tertiary/aromatic N) is 5. The van der Waals surface area contributed by atoms with Crippen molar-refractivity contribution >= 4 is 21.5 Å². The molecule has 4 heterocycles. The first kappa shape index (κ1) is 20.8. The molecule has 0 saturated carbocycles. The fraction of sp³-hybridized carbons (Fsp3) is 0.304. The number of fused-ring (bicyclic) bond motifs is 10. The second kappa shape index (κ2) is 7.39. The SMILES string of the molecule is CC1(C)COc2cc(ccn2)-c2ccc3c(c2Nc2n[nH]c(n2)S(=O)(=O)c2ccn1n2)CCC3. The second-order valence-electron chi connectivity index (χ2n) is 9.15. The Morgan fingerprint density at radius 1 is 1.15 bits per heavy atom. The molecule has 174 valence electrons. The Hall–Kier alpha value is -3.73. The number of hydrogen-bond acceptors (Lipinski definition) is 8. The third-order valence-electron chi connectivity index (χ3n) is 6.32. The van der Waals surface area contributed by atoms with Crippen LogP contribution in [-0.2, 0) is 28.2 Å². The van der Waals surface area contributed by atoms with E-state index < -0.39 is 15.4 Å². The van der Waals surface area contributed by atoms with Crippen molar-refractivity contribution in [2.75, 3.05) is 11.9 Å². The maximum Gasteiger partial charge on any atom is 0.260 e. The van der Waals surface area contributed by atoms with Gasteiger partial charge in [-0.2, -0.15) is 10.1 Å². The van der Waals surface area contributed by atoms with Crippen molar-refractivity contribution in [3.05, 3.63) is 53.9 Å². The Balaban J connectivity index is 1.55. The lowest BCUT2D eigenvalue weighted by Gasteiger charge is -2.25. The summed E-state index contributed by atoms with van der Waals surface area (Å²) in [4.78, 5) is 8.64. The minimum absolute atomic E-state index is 0.114. The molecule has 1 aliphatic carbocycles. The van der Waals surface area contributed by atoms with Gasteiger partial charge in [-0.3, -0.25) is 4.68 Å². The number of H-pyrrole nitrogens is 1. The summed E-state index contributed by atoms with van der Waals surface area (Å²) in [5, 5.41) is 13.9. The van der Waals surface area contributed by atoms with Crippen LogP contribution in [-0.4, -0.2) is 45.0 Å². The number of sulfone groups is 1. The summed E-state index contributed by atoms with van der Waals surface area (Å²) in [5.74, 6) is 0.654. The molecule has 6 rings (SSSR count). The molecule has 34 heavy (non-hydrogen) atoms. The van der Waals surface area contributed by atoms with E-state index >= 15 is 0 Å². The molecule has 11 heteroatoms. The van der Waals surface area contributed by atoms with E-state index in [2.05, 4.69) is 42.7 Å². The highest BCUT2D eigenvalue weighted by Crippen LogP contribution is 2.39. The van der Waals surface area contributed by atoms with E-state index in [1.165, 1.54) is 17.2 Å². The van der Waals surface area contributed by atoms with Gasteiger partial charge in [-0.05, 0) is 61.9 Å². The Morgan fingerprint density at radius 3 is 2.91 bits per heavy atom. The number of pyridine rings is 1. The van der Waals surface area contributed by atoms with Crippen molar-refractivity contribution < 1.29 is 13.2 Å². The molecule has 6 bridgehead atoms. The molecule has 10 nitrogen and oxygen atoms in total. The number of ether oxygens (including phenoxy) is 1. The van der Waals surface area contributed by atoms with Crippen molar-refractivity contribution in [2.24, 2.45) is 0 Å². The zero-order chi connectivity index (χ0) is 23.5. The lowest BCUT2D eigenvalue weighted by atomic mass is 9.98. The van der Waals surface area contributed by atoms with Crippen LogP contribution in [0.25, 0.3) is 11.1 Å². The van der Waals surface area contributed by atoms with E-state index in [0.29, 0.717) is 5.88 Å². The highest BCUT2D eigenvalue weighted by Gasteiger charge is 2.30. The molecular formula is C23H23N7O3S. The number of hydrogen-bond donors (Lipinski definition) is 2. The second-order valence-corrected chi connectivity index (χ2v) is 11.0. The van der Waals surface area contributed by atoms with Crippen molar-refractivity contribution in [1.82, 2.24) is 29.9 Å². The van der Waals surface area contributed by atoms with E-state index in [9.17, 15) is 8.42 Å². The van der Waals surface area contributed by atoms with Crippen LogP contribution in [0.1, 0.15) is 31.4 Å². The molecule has 4 aromatic rings. The molecule has 3 aromatic heterocycles. The highest BCUT2D eigenvalue weighted by molar-refractivity contribution is 7.91. The summed E-state index contributed by atoms with van der Waals surface area (Å²) in [5.41, 5.74) is 4.57. The van der Waals surface area contributed by atoms with Gasteiger partial charge in [0, 0.05) is 24.0 Å². The summed E-state index contributed by atoms with van der Waals surface area (Å²) in [6.45, 7) is 4.07. The molecule has 0 spiro atoms. The molecule has 2 N–H and O–H groups in total. The molecule has 0 atom stereocenters. The predicted octanol–water partition coefficient (Wildman–Crippen LogP) is 3.26. The van der Waals surface area contributed by atoms with Crippen LogP contribution in [0.3, 0.4) is 0 Å². The predicted molar refractivity (Wildman–Crippen MR) is 124 cm³/mol. The summed E-state index contributed by atoms with van der Waals surface area (Å²) >= 11 is 0. The Labute approximate surface area is 196 Å². The first-order valence-corrected chi connectivity index (χ1v) is 12.5. The van der Waals surface area contributed by atoms with Crippen LogP contribution in [0, 0.1) is 0 Å². The number of aromatic nitrogens is 6. The van der Waals surface area contributed by atoms with Gasteiger partial charge in [-0.15, -0.1) is 5.10 Å². The zero-order valence-electron chi connectivity index (χ0n) is 18.7. The first-order valence-electron chi connectivity index (χ1n) is 11.1. The van der Waals surface area contributed by atoms with Gasteiger partial charge < -0.3 is 10.1 Å². The van der Waals surface area contributed by atoms with Gasteiger partial charge >= 0.3 is 0 Å². The summed E-state index contributed by atoms with van der Waals surface area (Å²) in [6.07, 6.45) is 6.32. The third kappa shape index (κ3) is 3.35. The van der Waals surface area contributed by atoms with Crippen LogP contribution in [0.2, 0.25) is 0 Å². The zero-order valence-corrected chi connectivity index (χ0v) is 19.6. The first-order chi connectivity index (χ1) is 16.3. The minimum atomic E-state index is -3.98. The summed E-state index contributed by atoms with van der Waals surface area (Å²) in [7, 11) is -3.98. The van der Waals surface area contributed by atoms with Crippen molar-refractivity contribution in [2.45, 2.75) is 48.8 Å². The molecular weight excluding hydrogens is 454 g/mol. The van der Waals surface area contributed by atoms with E-state index in [1.807, 2.05) is 26.0 Å². The molecule has 1 aromatic carbocycles. The fourth-order valence-corrected chi connectivity index (χ4v) is 5.45.